The molecule has 32 heavy (non-hydrogen) atoms. The molecule has 3 aromatic rings. The summed E-state index contributed by atoms with van der Waals surface area (Å²) < 4.78 is 55.8. The van der Waals surface area contributed by atoms with Crippen LogP contribution in [0, 0.1) is 29.2 Å². The van der Waals surface area contributed by atoms with Crippen LogP contribution >= 0.6 is 0 Å². The first-order valence-electron chi connectivity index (χ1n) is 9.91. The first-order valence-corrected chi connectivity index (χ1v) is 9.91. The molecule has 7 nitrogen and oxygen atoms in total. The van der Waals surface area contributed by atoms with E-state index in [4.69, 9.17) is 0 Å². The third-order valence-corrected chi connectivity index (χ3v) is 5.46. The van der Waals surface area contributed by atoms with Gasteiger partial charge in [0.25, 0.3) is 5.56 Å². The van der Waals surface area contributed by atoms with Gasteiger partial charge < -0.3 is 10.3 Å². The molecule has 1 aliphatic carbocycles. The number of nitrogens with zero attached hydrogens (tertiary/aromatic N) is 2. The highest BCUT2D eigenvalue weighted by Crippen LogP contribution is 2.36. The number of carbonyl (C=O) groups is 1. The highest BCUT2D eigenvalue weighted by molar-refractivity contribution is 5.82. The number of nitrogens with one attached hydrogen (secondary N) is 2. The van der Waals surface area contributed by atoms with Gasteiger partial charge in [0.15, 0.2) is 11.6 Å². The van der Waals surface area contributed by atoms with Crippen molar-refractivity contribution in [1.29, 1.82) is 0 Å². The Kier molecular flexibility index (Phi) is 5.57. The Morgan fingerprint density at radius 3 is 2.59 bits per heavy atom. The van der Waals surface area contributed by atoms with Gasteiger partial charge in [-0.3, -0.25) is 14.6 Å². The van der Waals surface area contributed by atoms with E-state index in [2.05, 4.69) is 15.3 Å². The summed E-state index contributed by atoms with van der Waals surface area (Å²) in [6.07, 6.45) is 2.44. The van der Waals surface area contributed by atoms with E-state index in [9.17, 15) is 31.9 Å². The number of hydrogen-bond donors (Lipinski definition) is 2. The molecule has 1 aliphatic rings. The Labute approximate surface area is 178 Å². The van der Waals surface area contributed by atoms with Gasteiger partial charge in [-0.15, -0.1) is 0 Å². The average Bonchev–Trinajstić information content (AvgIpc) is 3.53. The molecular weight excluding hydrogens is 432 g/mol. The molecule has 0 spiro atoms. The molecule has 0 saturated heterocycles. The van der Waals surface area contributed by atoms with Gasteiger partial charge in [-0.2, -0.15) is 0 Å². The molecule has 0 radical (unpaired) electrons. The number of aromatic amines is 1. The lowest BCUT2D eigenvalue weighted by Gasteiger charge is -2.22. The van der Waals surface area contributed by atoms with Crippen molar-refractivity contribution in [3.05, 3.63) is 74.2 Å². The third-order valence-electron chi connectivity index (χ3n) is 5.46. The first kappa shape index (κ1) is 21.7. The second kappa shape index (κ2) is 8.21. The summed E-state index contributed by atoms with van der Waals surface area (Å²) in [5, 5.41) is 1.79. The van der Waals surface area contributed by atoms with Gasteiger partial charge in [-0.25, -0.2) is 26.9 Å². The third kappa shape index (κ3) is 4.02. The van der Waals surface area contributed by atoms with E-state index in [0.717, 1.165) is 31.2 Å². The molecule has 2 aromatic heterocycles. The van der Waals surface area contributed by atoms with E-state index >= 15 is 0 Å². The van der Waals surface area contributed by atoms with Gasteiger partial charge in [0.2, 0.25) is 5.91 Å². The van der Waals surface area contributed by atoms with E-state index in [1.54, 1.807) is 0 Å². The molecule has 2 atom stereocenters. The van der Waals surface area contributed by atoms with Crippen LogP contribution in [0.25, 0.3) is 10.9 Å². The highest BCUT2D eigenvalue weighted by atomic mass is 19.2. The van der Waals surface area contributed by atoms with Gasteiger partial charge in [-0.05, 0) is 31.4 Å². The van der Waals surface area contributed by atoms with Gasteiger partial charge in [-0.1, -0.05) is 12.8 Å². The number of benzene rings is 1. The molecule has 1 fully saturated rings. The van der Waals surface area contributed by atoms with Crippen LogP contribution in [0.15, 0.2) is 34.0 Å². The predicted molar refractivity (Wildman–Crippen MR) is 106 cm³/mol. The standard InChI is InChI=1S/C21H18F4N4O3/c1-9(18-13(24)7-11(22)8-26-18)27-19(30)15(6-10-2-3-10)29-20(31)16-14(28-21(29)32)5-4-12(23)17(16)25/h4-5,7-10,15H,2-3,6H2,1H3,(H,27,30)(H,28,32)/t9-,15-/m1/s1. The number of hydrogen-bond acceptors (Lipinski definition) is 4. The Balaban J connectivity index is 1.75. The Morgan fingerprint density at radius 1 is 1.22 bits per heavy atom. The van der Waals surface area contributed by atoms with Crippen LogP contribution in [0.4, 0.5) is 17.6 Å². The number of rotatable bonds is 6. The van der Waals surface area contributed by atoms with Crippen molar-refractivity contribution >= 4 is 16.8 Å². The predicted octanol–water partition coefficient (Wildman–Crippen LogP) is 2.86. The van der Waals surface area contributed by atoms with Crippen LogP contribution in [0.1, 0.15) is 44.0 Å². The number of halogens is 4. The minimum Gasteiger partial charge on any atom is -0.346 e. The van der Waals surface area contributed by atoms with Gasteiger partial charge in [0, 0.05) is 6.07 Å². The highest BCUT2D eigenvalue weighted by Gasteiger charge is 2.34. The number of amides is 1. The zero-order chi connectivity index (χ0) is 23.2. The summed E-state index contributed by atoms with van der Waals surface area (Å²) in [5.74, 6) is -5.33. The fourth-order valence-corrected chi connectivity index (χ4v) is 3.66. The average molecular weight is 450 g/mol. The zero-order valence-corrected chi connectivity index (χ0v) is 16.8. The van der Waals surface area contributed by atoms with E-state index in [-0.39, 0.29) is 23.5 Å². The monoisotopic (exact) mass is 450 g/mol. The van der Waals surface area contributed by atoms with Crippen molar-refractivity contribution in [2.24, 2.45) is 5.92 Å². The van der Waals surface area contributed by atoms with Crippen molar-refractivity contribution < 1.29 is 22.4 Å². The lowest BCUT2D eigenvalue weighted by molar-refractivity contribution is -0.125. The number of H-pyrrole nitrogens is 1. The van der Waals surface area contributed by atoms with E-state index in [0.29, 0.717) is 10.6 Å². The van der Waals surface area contributed by atoms with Crippen molar-refractivity contribution in [2.45, 2.75) is 38.3 Å². The second-order valence-electron chi connectivity index (χ2n) is 7.83. The largest absolute Gasteiger partial charge is 0.346 e. The molecule has 168 valence electrons. The van der Waals surface area contributed by atoms with Crippen LogP contribution < -0.4 is 16.6 Å². The minimum absolute atomic E-state index is 0.0566. The van der Waals surface area contributed by atoms with Crippen molar-refractivity contribution in [2.75, 3.05) is 0 Å². The Morgan fingerprint density at radius 2 is 1.94 bits per heavy atom. The van der Waals surface area contributed by atoms with E-state index in [1.807, 2.05) is 0 Å². The number of aromatic nitrogens is 3. The summed E-state index contributed by atoms with van der Waals surface area (Å²) in [6, 6.07) is 0.0771. The Bertz CT molecular complexity index is 1330. The molecule has 11 heteroatoms. The van der Waals surface area contributed by atoms with Crippen molar-refractivity contribution in [1.82, 2.24) is 19.9 Å². The van der Waals surface area contributed by atoms with E-state index in [1.165, 1.54) is 6.92 Å². The topological polar surface area (TPSA) is 96.9 Å². The van der Waals surface area contributed by atoms with Gasteiger partial charge >= 0.3 is 5.69 Å². The smallest absolute Gasteiger partial charge is 0.329 e. The normalized spacial score (nSPS) is 15.5. The molecule has 2 heterocycles. The first-order chi connectivity index (χ1) is 15.2. The molecule has 1 aromatic carbocycles. The van der Waals surface area contributed by atoms with Crippen LogP contribution in [-0.4, -0.2) is 20.4 Å². The van der Waals surface area contributed by atoms with E-state index < -0.39 is 57.9 Å². The quantitative estimate of drug-likeness (QED) is 0.565. The number of carbonyl (C=O) groups excluding carboxylic acids is 1. The second-order valence-corrected chi connectivity index (χ2v) is 7.83. The van der Waals surface area contributed by atoms with Crippen molar-refractivity contribution in [3.63, 3.8) is 0 Å². The summed E-state index contributed by atoms with van der Waals surface area (Å²) in [7, 11) is 0. The maximum Gasteiger partial charge on any atom is 0.329 e. The summed E-state index contributed by atoms with van der Waals surface area (Å²) in [4.78, 5) is 44.6. The SMILES string of the molecule is C[C@@H](NC(=O)[C@@H](CC1CC1)n1c(=O)[nH]c2ccc(F)c(F)c2c1=O)c1ncc(F)cc1F. The molecule has 1 amide bonds. The van der Waals surface area contributed by atoms with Crippen LogP contribution in [0.3, 0.4) is 0 Å². The molecule has 4 rings (SSSR count). The molecular formula is C21H18F4N4O3. The van der Waals surface area contributed by atoms with Crippen LogP contribution in [0.5, 0.6) is 0 Å². The van der Waals surface area contributed by atoms with Crippen LogP contribution in [0.2, 0.25) is 0 Å². The summed E-state index contributed by atoms with van der Waals surface area (Å²) in [5.41, 5.74) is -2.56. The lowest BCUT2D eigenvalue weighted by Crippen LogP contribution is -2.45. The molecule has 0 aliphatic heterocycles. The van der Waals surface area contributed by atoms with Crippen LogP contribution in [-0.2, 0) is 4.79 Å². The fourth-order valence-electron chi connectivity index (χ4n) is 3.66. The summed E-state index contributed by atoms with van der Waals surface area (Å²) >= 11 is 0. The molecule has 1 saturated carbocycles. The maximum absolute atomic E-state index is 14.3. The lowest BCUT2D eigenvalue weighted by atomic mass is 10.1. The van der Waals surface area contributed by atoms with Gasteiger partial charge in [0.05, 0.1) is 23.4 Å². The minimum atomic E-state index is -1.44. The molecule has 0 bridgehead atoms. The molecule has 0 unspecified atom stereocenters. The number of fused-ring (bicyclic) bond motifs is 1. The van der Waals surface area contributed by atoms with Gasteiger partial charge in [0.1, 0.15) is 23.1 Å². The molecule has 2 N–H and O–H groups in total. The maximum atomic E-state index is 14.3. The fraction of sp³-hybridized carbons (Fsp3) is 0.333. The summed E-state index contributed by atoms with van der Waals surface area (Å²) in [6.45, 7) is 1.40. The zero-order valence-electron chi connectivity index (χ0n) is 16.8. The van der Waals surface area contributed by atoms with Crippen molar-refractivity contribution in [3.8, 4) is 0 Å². The number of pyridine rings is 1. The Hall–Kier alpha value is -3.50.